The molecular formula is C22H21F2N3O3S. The van der Waals surface area contributed by atoms with E-state index in [1.807, 2.05) is 0 Å². The zero-order chi connectivity index (χ0) is 22.5. The highest BCUT2D eigenvalue weighted by Crippen LogP contribution is 2.28. The van der Waals surface area contributed by atoms with Crippen LogP contribution < -0.4 is 15.4 Å². The van der Waals surface area contributed by atoms with E-state index in [0.717, 1.165) is 0 Å². The van der Waals surface area contributed by atoms with Gasteiger partial charge in [-0.25, -0.2) is 13.8 Å². The SMILES string of the molecule is COc1ccc(-c2csc(NC(=O)C(NC(=O)c3ccccc3F)C(C)C)n2)cc1F. The van der Waals surface area contributed by atoms with Crippen molar-refractivity contribution >= 4 is 28.3 Å². The van der Waals surface area contributed by atoms with Crippen molar-refractivity contribution in [3.63, 3.8) is 0 Å². The Hall–Kier alpha value is -3.33. The summed E-state index contributed by atoms with van der Waals surface area (Å²) in [5.41, 5.74) is 0.876. The molecule has 3 rings (SSSR count). The average Bonchev–Trinajstić information content (AvgIpc) is 3.20. The van der Waals surface area contributed by atoms with Gasteiger partial charge in [-0.05, 0) is 36.2 Å². The standard InChI is InChI=1S/C22H21F2N3O3S/c1-12(2)19(26-20(28)14-6-4-5-7-15(14)23)21(29)27-22-25-17(11-31-22)13-8-9-18(30-3)16(24)10-13/h4-12,19H,1-3H3,(H,26,28)(H,25,27,29). The molecule has 0 spiro atoms. The van der Waals surface area contributed by atoms with E-state index in [0.29, 0.717) is 16.4 Å². The van der Waals surface area contributed by atoms with E-state index in [1.165, 1.54) is 48.8 Å². The highest BCUT2D eigenvalue weighted by molar-refractivity contribution is 7.14. The van der Waals surface area contributed by atoms with E-state index in [-0.39, 0.29) is 17.2 Å². The Morgan fingerprint density at radius 3 is 2.48 bits per heavy atom. The van der Waals surface area contributed by atoms with E-state index >= 15 is 0 Å². The van der Waals surface area contributed by atoms with Crippen LogP contribution in [0.2, 0.25) is 0 Å². The van der Waals surface area contributed by atoms with Crippen molar-refractivity contribution in [2.24, 2.45) is 5.92 Å². The van der Waals surface area contributed by atoms with Crippen LogP contribution >= 0.6 is 11.3 Å². The smallest absolute Gasteiger partial charge is 0.254 e. The summed E-state index contributed by atoms with van der Waals surface area (Å²) in [6.07, 6.45) is 0. The first kappa shape index (κ1) is 22.4. The van der Waals surface area contributed by atoms with Gasteiger partial charge in [0, 0.05) is 10.9 Å². The topological polar surface area (TPSA) is 80.3 Å². The van der Waals surface area contributed by atoms with Crippen LogP contribution in [0.1, 0.15) is 24.2 Å². The third-order valence-corrected chi connectivity index (χ3v) is 5.29. The van der Waals surface area contributed by atoms with Gasteiger partial charge in [0.2, 0.25) is 5.91 Å². The van der Waals surface area contributed by atoms with Crippen LogP contribution in [0.3, 0.4) is 0 Å². The molecule has 1 aromatic heterocycles. The van der Waals surface area contributed by atoms with E-state index in [4.69, 9.17) is 4.74 Å². The molecular weight excluding hydrogens is 424 g/mol. The van der Waals surface area contributed by atoms with Gasteiger partial charge in [0.05, 0.1) is 18.4 Å². The Bertz CT molecular complexity index is 1100. The maximum absolute atomic E-state index is 14.0. The average molecular weight is 445 g/mol. The molecule has 0 saturated heterocycles. The fourth-order valence-corrected chi connectivity index (χ4v) is 3.59. The lowest BCUT2D eigenvalue weighted by Crippen LogP contribution is -2.47. The van der Waals surface area contributed by atoms with Crippen molar-refractivity contribution in [3.8, 4) is 17.0 Å². The summed E-state index contributed by atoms with van der Waals surface area (Å²) in [5, 5.41) is 7.21. The molecule has 0 radical (unpaired) electrons. The molecule has 162 valence electrons. The van der Waals surface area contributed by atoms with Gasteiger partial charge in [-0.1, -0.05) is 26.0 Å². The van der Waals surface area contributed by atoms with Crippen LogP contribution in [0.5, 0.6) is 5.75 Å². The van der Waals surface area contributed by atoms with Crippen LogP contribution in [0.15, 0.2) is 47.8 Å². The lowest BCUT2D eigenvalue weighted by atomic mass is 10.0. The highest BCUT2D eigenvalue weighted by atomic mass is 32.1. The fraction of sp³-hybridized carbons (Fsp3) is 0.227. The molecule has 0 fully saturated rings. The number of nitrogens with one attached hydrogen (secondary N) is 2. The Morgan fingerprint density at radius 1 is 1.10 bits per heavy atom. The molecule has 3 aromatic rings. The van der Waals surface area contributed by atoms with Crippen LogP contribution in [-0.4, -0.2) is 29.9 Å². The van der Waals surface area contributed by atoms with Crippen LogP contribution in [-0.2, 0) is 4.79 Å². The van der Waals surface area contributed by atoms with Crippen molar-refractivity contribution < 1.29 is 23.1 Å². The molecule has 1 unspecified atom stereocenters. The van der Waals surface area contributed by atoms with Crippen molar-refractivity contribution in [1.29, 1.82) is 0 Å². The number of anilines is 1. The number of methoxy groups -OCH3 is 1. The minimum absolute atomic E-state index is 0.123. The normalized spacial score (nSPS) is 11.8. The number of carbonyl (C=O) groups excluding carboxylic acids is 2. The molecule has 0 bridgehead atoms. The fourth-order valence-electron chi connectivity index (χ4n) is 2.87. The van der Waals surface area contributed by atoms with Crippen LogP contribution in [0, 0.1) is 17.6 Å². The second kappa shape index (κ2) is 9.65. The first-order chi connectivity index (χ1) is 14.8. The molecule has 0 saturated carbocycles. The van der Waals surface area contributed by atoms with Crippen molar-refractivity contribution in [1.82, 2.24) is 10.3 Å². The highest BCUT2D eigenvalue weighted by Gasteiger charge is 2.26. The number of thiazole rings is 1. The summed E-state index contributed by atoms with van der Waals surface area (Å²) in [6.45, 7) is 3.53. The number of rotatable bonds is 7. The molecule has 2 amide bonds. The molecule has 0 aliphatic heterocycles. The van der Waals surface area contributed by atoms with Gasteiger partial charge in [0.1, 0.15) is 11.9 Å². The van der Waals surface area contributed by atoms with Crippen molar-refractivity contribution in [3.05, 3.63) is 65.0 Å². The molecule has 1 heterocycles. The minimum Gasteiger partial charge on any atom is -0.494 e. The van der Waals surface area contributed by atoms with Gasteiger partial charge in [-0.15, -0.1) is 11.3 Å². The number of amides is 2. The molecule has 2 N–H and O–H groups in total. The van der Waals surface area contributed by atoms with Gasteiger partial charge >= 0.3 is 0 Å². The molecule has 6 nitrogen and oxygen atoms in total. The first-order valence-corrected chi connectivity index (χ1v) is 10.3. The number of nitrogens with zero attached hydrogens (tertiary/aromatic N) is 1. The van der Waals surface area contributed by atoms with Gasteiger partial charge in [0.25, 0.3) is 5.91 Å². The van der Waals surface area contributed by atoms with Crippen LogP contribution in [0.25, 0.3) is 11.3 Å². The number of aromatic nitrogens is 1. The number of ether oxygens (including phenoxy) is 1. The lowest BCUT2D eigenvalue weighted by molar-refractivity contribution is -0.118. The quantitative estimate of drug-likeness (QED) is 0.562. The van der Waals surface area contributed by atoms with Gasteiger partial charge in [-0.2, -0.15) is 0 Å². The van der Waals surface area contributed by atoms with Crippen LogP contribution in [0.4, 0.5) is 13.9 Å². The summed E-state index contributed by atoms with van der Waals surface area (Å²) in [5.74, 6) is -2.49. The Morgan fingerprint density at radius 2 is 1.84 bits per heavy atom. The van der Waals surface area contributed by atoms with E-state index in [1.54, 1.807) is 31.4 Å². The molecule has 0 aliphatic carbocycles. The Kier molecular flexibility index (Phi) is 6.96. The second-order valence-electron chi connectivity index (χ2n) is 7.05. The largest absolute Gasteiger partial charge is 0.494 e. The third-order valence-electron chi connectivity index (χ3n) is 4.54. The summed E-state index contributed by atoms with van der Waals surface area (Å²) in [6, 6.07) is 9.10. The number of benzene rings is 2. The Labute approximate surface area is 182 Å². The Balaban J connectivity index is 1.72. The predicted molar refractivity (Wildman–Crippen MR) is 115 cm³/mol. The zero-order valence-corrected chi connectivity index (χ0v) is 17.9. The van der Waals surface area contributed by atoms with E-state index in [9.17, 15) is 18.4 Å². The van der Waals surface area contributed by atoms with Gasteiger partial charge in [-0.3, -0.25) is 9.59 Å². The van der Waals surface area contributed by atoms with Gasteiger partial charge in [0.15, 0.2) is 16.7 Å². The van der Waals surface area contributed by atoms with Crippen molar-refractivity contribution in [2.45, 2.75) is 19.9 Å². The second-order valence-corrected chi connectivity index (χ2v) is 7.91. The van der Waals surface area contributed by atoms with Crippen molar-refractivity contribution in [2.75, 3.05) is 12.4 Å². The number of halogens is 2. The molecule has 1 atom stereocenters. The maximum Gasteiger partial charge on any atom is 0.254 e. The lowest BCUT2D eigenvalue weighted by Gasteiger charge is -2.21. The molecule has 0 aliphatic rings. The first-order valence-electron chi connectivity index (χ1n) is 9.46. The summed E-state index contributed by atoms with van der Waals surface area (Å²) in [7, 11) is 1.38. The number of hydrogen-bond donors (Lipinski definition) is 2. The molecule has 2 aromatic carbocycles. The number of carbonyl (C=O) groups is 2. The minimum atomic E-state index is -0.905. The summed E-state index contributed by atoms with van der Waals surface area (Å²) < 4.78 is 32.7. The molecule has 31 heavy (non-hydrogen) atoms. The molecule has 9 heteroatoms. The zero-order valence-electron chi connectivity index (χ0n) is 17.1. The monoisotopic (exact) mass is 445 g/mol. The summed E-state index contributed by atoms with van der Waals surface area (Å²) >= 11 is 1.17. The third kappa shape index (κ3) is 5.24. The van der Waals surface area contributed by atoms with Gasteiger partial charge < -0.3 is 15.4 Å². The van der Waals surface area contributed by atoms with E-state index in [2.05, 4.69) is 15.6 Å². The van der Waals surface area contributed by atoms with E-state index < -0.39 is 29.5 Å². The summed E-state index contributed by atoms with van der Waals surface area (Å²) in [4.78, 5) is 29.5. The predicted octanol–water partition coefficient (Wildman–Crippen LogP) is 4.49. The maximum atomic E-state index is 14.0. The number of hydrogen-bond acceptors (Lipinski definition) is 5.